The summed E-state index contributed by atoms with van der Waals surface area (Å²) in [5.74, 6) is 0.688. The van der Waals surface area contributed by atoms with Gasteiger partial charge < -0.3 is 9.47 Å². The second-order valence-corrected chi connectivity index (χ2v) is 5.90. The average Bonchev–Trinajstić information content (AvgIpc) is 2.96. The zero-order valence-electron chi connectivity index (χ0n) is 13.4. The summed E-state index contributed by atoms with van der Waals surface area (Å²) in [5, 5.41) is 8.93. The van der Waals surface area contributed by atoms with Crippen LogP contribution in [0.25, 0.3) is 11.2 Å². The molecule has 0 aliphatic carbocycles. The molecule has 0 radical (unpaired) electrons. The quantitative estimate of drug-likeness (QED) is 0.814. The molecule has 1 aliphatic rings. The van der Waals surface area contributed by atoms with E-state index >= 15 is 0 Å². The summed E-state index contributed by atoms with van der Waals surface area (Å²) >= 11 is 0. The molecule has 0 saturated carbocycles. The molecule has 0 amide bonds. The minimum Gasteiger partial charge on any atom is -0.342 e. The lowest BCUT2D eigenvalue weighted by molar-refractivity contribution is 0.556. The second kappa shape index (κ2) is 5.91. The van der Waals surface area contributed by atoms with E-state index in [4.69, 9.17) is 5.26 Å². The molecule has 1 aliphatic heterocycles. The maximum atomic E-state index is 12.6. The fraction of sp³-hybridized carbons (Fsp3) is 0.600. The minimum absolute atomic E-state index is 0.290. The molecule has 23 heavy (non-hydrogen) atoms. The number of fused-ring (bicyclic) bond motifs is 1. The summed E-state index contributed by atoms with van der Waals surface area (Å²) in [4.78, 5) is 31.4. The van der Waals surface area contributed by atoms with Crippen molar-refractivity contribution in [3.63, 3.8) is 0 Å². The van der Waals surface area contributed by atoms with E-state index in [1.54, 1.807) is 11.6 Å². The minimum atomic E-state index is -0.391. The van der Waals surface area contributed by atoms with Crippen molar-refractivity contribution in [2.45, 2.75) is 32.2 Å². The molecule has 8 heteroatoms. The predicted octanol–water partition coefficient (Wildman–Crippen LogP) is 0.338. The highest BCUT2D eigenvalue weighted by Gasteiger charge is 2.23. The summed E-state index contributed by atoms with van der Waals surface area (Å²) in [6.07, 6.45) is 3.64. The summed E-state index contributed by atoms with van der Waals surface area (Å²) in [5.41, 5.74) is 0.0245. The van der Waals surface area contributed by atoms with Crippen LogP contribution in [0.5, 0.6) is 0 Å². The number of aryl methyl sites for hydroxylation is 2. The normalized spacial score (nSPS) is 15.1. The Morgan fingerprint density at radius 2 is 1.83 bits per heavy atom. The Labute approximate surface area is 133 Å². The molecule has 122 valence electrons. The van der Waals surface area contributed by atoms with Gasteiger partial charge in [-0.25, -0.2) is 4.79 Å². The van der Waals surface area contributed by atoms with Gasteiger partial charge in [0.2, 0.25) is 5.95 Å². The topological polar surface area (TPSA) is 88.8 Å². The highest BCUT2D eigenvalue weighted by Crippen LogP contribution is 2.23. The molecular formula is C15H20N6O2. The summed E-state index contributed by atoms with van der Waals surface area (Å²) in [7, 11) is 3.08. The lowest BCUT2D eigenvalue weighted by Crippen LogP contribution is -2.37. The number of aromatic nitrogens is 4. The van der Waals surface area contributed by atoms with Crippen molar-refractivity contribution in [1.82, 2.24) is 18.7 Å². The maximum Gasteiger partial charge on any atom is 0.332 e. The lowest BCUT2D eigenvalue weighted by Gasteiger charge is -2.28. The highest BCUT2D eigenvalue weighted by molar-refractivity contribution is 5.74. The van der Waals surface area contributed by atoms with Gasteiger partial charge in [-0.05, 0) is 19.3 Å². The Balaban J connectivity index is 2.29. The molecule has 1 fully saturated rings. The molecule has 2 aromatic heterocycles. The van der Waals surface area contributed by atoms with Crippen LogP contribution in [0, 0.1) is 11.3 Å². The largest absolute Gasteiger partial charge is 0.342 e. The lowest BCUT2D eigenvalue weighted by atomic mass is 10.1. The van der Waals surface area contributed by atoms with Gasteiger partial charge in [-0.1, -0.05) is 0 Å². The molecule has 0 bridgehead atoms. The molecule has 0 N–H and O–H groups in total. The Kier molecular flexibility index (Phi) is 3.94. The molecule has 0 atom stereocenters. The molecule has 1 saturated heterocycles. The molecule has 3 heterocycles. The van der Waals surface area contributed by atoms with Gasteiger partial charge >= 0.3 is 5.69 Å². The van der Waals surface area contributed by atoms with Gasteiger partial charge in [0.25, 0.3) is 5.56 Å². The standard InChI is InChI=1S/C15H20N6O2/c1-18-12-11(13(22)19(2)15(18)23)21(10-6-7-16)14(17-12)20-8-4-3-5-9-20/h3-6,8-10H2,1-2H3. The first-order valence-electron chi connectivity index (χ1n) is 7.84. The summed E-state index contributed by atoms with van der Waals surface area (Å²) < 4.78 is 4.28. The Hall–Kier alpha value is -2.56. The third-order valence-corrected chi connectivity index (χ3v) is 4.41. The van der Waals surface area contributed by atoms with Gasteiger partial charge in [-0.15, -0.1) is 0 Å². The van der Waals surface area contributed by atoms with Crippen LogP contribution in [0.4, 0.5) is 5.95 Å². The molecule has 2 aromatic rings. The van der Waals surface area contributed by atoms with E-state index in [0.29, 0.717) is 23.7 Å². The molecule has 0 unspecified atom stereocenters. The molecule has 3 rings (SSSR count). The first-order valence-corrected chi connectivity index (χ1v) is 7.84. The van der Waals surface area contributed by atoms with Crippen LogP contribution in [0.2, 0.25) is 0 Å². The van der Waals surface area contributed by atoms with Gasteiger partial charge in [0, 0.05) is 33.7 Å². The molecule has 0 spiro atoms. The van der Waals surface area contributed by atoms with Crippen LogP contribution < -0.4 is 16.1 Å². The van der Waals surface area contributed by atoms with E-state index in [-0.39, 0.29) is 12.0 Å². The number of nitriles is 1. The predicted molar refractivity (Wildman–Crippen MR) is 86.5 cm³/mol. The maximum absolute atomic E-state index is 12.6. The van der Waals surface area contributed by atoms with Gasteiger partial charge in [-0.3, -0.25) is 13.9 Å². The fourth-order valence-corrected chi connectivity index (χ4v) is 3.14. The number of piperidine rings is 1. The Bertz CT molecular complexity index is 892. The van der Waals surface area contributed by atoms with Crippen LogP contribution in [0.3, 0.4) is 0 Å². The average molecular weight is 316 g/mol. The number of anilines is 1. The van der Waals surface area contributed by atoms with E-state index in [2.05, 4.69) is 16.0 Å². The number of hydrogen-bond donors (Lipinski definition) is 0. The van der Waals surface area contributed by atoms with Crippen molar-refractivity contribution >= 4 is 17.1 Å². The van der Waals surface area contributed by atoms with Gasteiger partial charge in [0.05, 0.1) is 12.5 Å². The third-order valence-electron chi connectivity index (χ3n) is 4.41. The highest BCUT2D eigenvalue weighted by atomic mass is 16.2. The van der Waals surface area contributed by atoms with Crippen LogP contribution in [-0.4, -0.2) is 31.8 Å². The van der Waals surface area contributed by atoms with Crippen LogP contribution >= 0.6 is 0 Å². The molecule has 0 aromatic carbocycles. The summed E-state index contributed by atoms with van der Waals surface area (Å²) in [6, 6.07) is 2.12. The van der Waals surface area contributed by atoms with Crippen LogP contribution in [0.1, 0.15) is 25.7 Å². The number of nitrogens with zero attached hydrogens (tertiary/aromatic N) is 6. The zero-order valence-corrected chi connectivity index (χ0v) is 13.4. The van der Waals surface area contributed by atoms with E-state index in [1.807, 2.05) is 0 Å². The van der Waals surface area contributed by atoms with E-state index in [1.165, 1.54) is 18.0 Å². The monoisotopic (exact) mass is 316 g/mol. The van der Waals surface area contributed by atoms with Crippen molar-refractivity contribution in [2.24, 2.45) is 14.1 Å². The molecular weight excluding hydrogens is 296 g/mol. The third kappa shape index (κ3) is 2.42. The van der Waals surface area contributed by atoms with Gasteiger partial charge in [-0.2, -0.15) is 10.2 Å². The summed E-state index contributed by atoms with van der Waals surface area (Å²) in [6.45, 7) is 2.15. The van der Waals surface area contributed by atoms with Crippen molar-refractivity contribution in [2.75, 3.05) is 18.0 Å². The molecule has 8 nitrogen and oxygen atoms in total. The van der Waals surface area contributed by atoms with Crippen molar-refractivity contribution < 1.29 is 0 Å². The van der Waals surface area contributed by atoms with Crippen LogP contribution in [0.15, 0.2) is 9.59 Å². The fourth-order valence-electron chi connectivity index (χ4n) is 3.14. The van der Waals surface area contributed by atoms with E-state index in [0.717, 1.165) is 30.5 Å². The Morgan fingerprint density at radius 3 is 2.48 bits per heavy atom. The van der Waals surface area contributed by atoms with Crippen molar-refractivity contribution in [3.05, 3.63) is 20.8 Å². The van der Waals surface area contributed by atoms with E-state index < -0.39 is 5.69 Å². The van der Waals surface area contributed by atoms with Crippen molar-refractivity contribution in [3.8, 4) is 6.07 Å². The van der Waals surface area contributed by atoms with Gasteiger partial charge in [0.15, 0.2) is 11.2 Å². The van der Waals surface area contributed by atoms with Gasteiger partial charge in [0.1, 0.15) is 0 Å². The smallest absolute Gasteiger partial charge is 0.332 e. The zero-order chi connectivity index (χ0) is 16.6. The van der Waals surface area contributed by atoms with Crippen molar-refractivity contribution in [1.29, 1.82) is 5.26 Å². The SMILES string of the molecule is Cn1c(=O)c2c(nc(N3CCCCC3)n2CCC#N)n(C)c1=O. The van der Waals surface area contributed by atoms with Crippen LogP contribution in [-0.2, 0) is 20.6 Å². The Morgan fingerprint density at radius 1 is 1.13 bits per heavy atom. The number of rotatable bonds is 3. The van der Waals surface area contributed by atoms with E-state index in [9.17, 15) is 9.59 Å². The number of hydrogen-bond acceptors (Lipinski definition) is 5. The first kappa shape index (κ1) is 15.3. The number of imidazole rings is 1. The first-order chi connectivity index (χ1) is 11.1. The second-order valence-electron chi connectivity index (χ2n) is 5.90.